The van der Waals surface area contributed by atoms with Gasteiger partial charge in [0.1, 0.15) is 0 Å². The van der Waals surface area contributed by atoms with Gasteiger partial charge in [-0.15, -0.1) is 0 Å². The van der Waals surface area contributed by atoms with Gasteiger partial charge in [0.05, 0.1) is 29.0 Å². The first-order chi connectivity index (χ1) is 13.1. The third-order valence-electron chi connectivity index (χ3n) is 4.63. The van der Waals surface area contributed by atoms with Gasteiger partial charge in [0, 0.05) is 25.2 Å². The lowest BCUT2D eigenvalue weighted by Gasteiger charge is -2.33. The van der Waals surface area contributed by atoms with Gasteiger partial charge in [0.25, 0.3) is 0 Å². The van der Waals surface area contributed by atoms with Crippen LogP contribution in [-0.4, -0.2) is 61.6 Å². The molecule has 2 N–H and O–H groups in total. The summed E-state index contributed by atoms with van der Waals surface area (Å²) in [4.78, 5) is 18.8. The Kier molecular flexibility index (Phi) is 5.15. The Morgan fingerprint density at radius 3 is 2.44 bits per heavy atom. The minimum absolute atomic E-state index is 0.107. The molecular formula is C20H21N3O3S. The van der Waals surface area contributed by atoms with Crippen molar-refractivity contribution in [3.63, 3.8) is 0 Å². The van der Waals surface area contributed by atoms with Crippen molar-refractivity contribution in [2.24, 2.45) is 0 Å². The fourth-order valence-corrected chi connectivity index (χ4v) is 4.33. The number of likely N-dealkylation sites (tertiary alicyclic amines) is 1. The summed E-state index contributed by atoms with van der Waals surface area (Å²) < 4.78 is 2.05. The average molecular weight is 383 g/mol. The number of hydrogen-bond donors (Lipinski definition) is 2. The monoisotopic (exact) mass is 383 g/mol. The van der Waals surface area contributed by atoms with Crippen molar-refractivity contribution < 1.29 is 15.0 Å². The standard InChI is InChI=1S/C20H21N3O3S/c24-15-10-16(25)12-22(11-15)19(26)13-27-20-21-17-8-4-5-9-18(17)23(20)14-6-2-1-3-7-14/h1-9,15-16,24-25H,10-13H2/t15-,16-/m1/s1. The molecule has 0 radical (unpaired) electrons. The number of nitrogens with zero attached hydrogens (tertiary/aromatic N) is 3. The second-order valence-electron chi connectivity index (χ2n) is 6.68. The number of piperidine rings is 1. The molecular weight excluding hydrogens is 362 g/mol. The summed E-state index contributed by atoms with van der Waals surface area (Å²) in [6.45, 7) is 0.539. The topological polar surface area (TPSA) is 78.6 Å². The maximum Gasteiger partial charge on any atom is 0.233 e. The summed E-state index contributed by atoms with van der Waals surface area (Å²) in [6, 6.07) is 17.8. The molecule has 1 aromatic heterocycles. The third kappa shape index (κ3) is 3.85. The molecule has 0 unspecified atom stereocenters. The molecule has 4 rings (SSSR count). The molecule has 0 saturated carbocycles. The zero-order valence-corrected chi connectivity index (χ0v) is 15.5. The quantitative estimate of drug-likeness (QED) is 0.675. The van der Waals surface area contributed by atoms with Gasteiger partial charge in [-0.3, -0.25) is 9.36 Å². The van der Waals surface area contributed by atoms with Gasteiger partial charge < -0.3 is 15.1 Å². The lowest BCUT2D eigenvalue weighted by Crippen LogP contribution is -2.49. The van der Waals surface area contributed by atoms with Gasteiger partial charge >= 0.3 is 0 Å². The van der Waals surface area contributed by atoms with Gasteiger partial charge in [-0.2, -0.15) is 0 Å². The number of aliphatic hydroxyl groups is 2. The maximum atomic E-state index is 12.6. The molecule has 140 valence electrons. The first-order valence-electron chi connectivity index (χ1n) is 8.91. The van der Waals surface area contributed by atoms with Crippen LogP contribution in [0.15, 0.2) is 59.8 Å². The van der Waals surface area contributed by atoms with Crippen molar-refractivity contribution in [1.29, 1.82) is 0 Å². The van der Waals surface area contributed by atoms with E-state index in [-0.39, 0.29) is 24.7 Å². The molecule has 0 bridgehead atoms. The minimum Gasteiger partial charge on any atom is -0.391 e. The number of amides is 1. The molecule has 7 heteroatoms. The second-order valence-corrected chi connectivity index (χ2v) is 7.63. The minimum atomic E-state index is -0.670. The Balaban J connectivity index is 1.58. The normalized spacial score (nSPS) is 20.1. The van der Waals surface area contributed by atoms with E-state index in [2.05, 4.69) is 0 Å². The van der Waals surface area contributed by atoms with Gasteiger partial charge in [-0.25, -0.2) is 4.98 Å². The summed E-state index contributed by atoms with van der Waals surface area (Å²) in [5, 5.41) is 20.3. The van der Waals surface area contributed by atoms with E-state index in [0.717, 1.165) is 21.9 Å². The smallest absolute Gasteiger partial charge is 0.233 e. The molecule has 27 heavy (non-hydrogen) atoms. The zero-order valence-electron chi connectivity index (χ0n) is 14.7. The van der Waals surface area contributed by atoms with E-state index in [1.54, 1.807) is 0 Å². The number of thioether (sulfide) groups is 1. The number of imidazole rings is 1. The van der Waals surface area contributed by atoms with E-state index in [0.29, 0.717) is 6.42 Å². The Hall–Kier alpha value is -2.35. The molecule has 1 fully saturated rings. The highest BCUT2D eigenvalue weighted by Gasteiger charge is 2.28. The number of carbonyl (C=O) groups excluding carboxylic acids is 1. The summed E-state index contributed by atoms with van der Waals surface area (Å²) in [7, 11) is 0. The van der Waals surface area contributed by atoms with Crippen LogP contribution in [0.4, 0.5) is 0 Å². The van der Waals surface area contributed by atoms with E-state index in [1.165, 1.54) is 16.7 Å². The van der Waals surface area contributed by atoms with Gasteiger partial charge in [-0.05, 0) is 24.3 Å². The number of aliphatic hydroxyl groups excluding tert-OH is 2. The lowest BCUT2D eigenvalue weighted by atomic mass is 10.1. The van der Waals surface area contributed by atoms with Crippen molar-refractivity contribution in [2.75, 3.05) is 18.8 Å². The van der Waals surface area contributed by atoms with Crippen molar-refractivity contribution in [3.05, 3.63) is 54.6 Å². The van der Waals surface area contributed by atoms with Gasteiger partial charge in [0.15, 0.2) is 5.16 Å². The number of hydrogen-bond acceptors (Lipinski definition) is 5. The molecule has 2 atom stereocenters. The van der Waals surface area contributed by atoms with E-state index < -0.39 is 12.2 Å². The predicted molar refractivity (Wildman–Crippen MR) is 105 cm³/mol. The molecule has 2 aromatic carbocycles. The van der Waals surface area contributed by atoms with Crippen molar-refractivity contribution >= 4 is 28.7 Å². The molecule has 2 heterocycles. The van der Waals surface area contributed by atoms with Gasteiger partial charge in [0.2, 0.25) is 5.91 Å². The summed E-state index contributed by atoms with van der Waals surface area (Å²) >= 11 is 1.37. The number of para-hydroxylation sites is 3. The number of aromatic nitrogens is 2. The van der Waals surface area contributed by atoms with Crippen LogP contribution >= 0.6 is 11.8 Å². The Labute approximate surface area is 161 Å². The molecule has 1 aliphatic rings. The van der Waals surface area contributed by atoms with Crippen LogP contribution in [0.25, 0.3) is 16.7 Å². The first kappa shape index (κ1) is 18.0. The number of β-amino-alcohol motifs (C(OH)–C–C–N with tert-alkyl or cyclic N) is 2. The van der Waals surface area contributed by atoms with E-state index in [4.69, 9.17) is 4.98 Å². The average Bonchev–Trinajstić information content (AvgIpc) is 3.04. The maximum absolute atomic E-state index is 12.6. The fourth-order valence-electron chi connectivity index (χ4n) is 3.39. The molecule has 0 spiro atoms. The summed E-state index contributed by atoms with van der Waals surface area (Å²) in [6.07, 6.45) is -1.02. The molecule has 6 nitrogen and oxygen atoms in total. The fraction of sp³-hybridized carbons (Fsp3) is 0.300. The van der Waals surface area contributed by atoms with E-state index in [1.807, 2.05) is 59.2 Å². The lowest BCUT2D eigenvalue weighted by molar-refractivity contribution is -0.134. The molecule has 1 amide bonds. The summed E-state index contributed by atoms with van der Waals surface area (Å²) in [5.41, 5.74) is 2.85. The molecule has 1 aliphatic heterocycles. The SMILES string of the molecule is O=C(CSc1nc2ccccc2n1-c1ccccc1)N1C[C@H](O)C[C@@H](O)C1. The highest BCUT2D eigenvalue weighted by atomic mass is 32.2. The Bertz CT molecular complexity index is 934. The number of carbonyl (C=O) groups is 1. The van der Waals surface area contributed by atoms with Crippen molar-refractivity contribution in [1.82, 2.24) is 14.5 Å². The van der Waals surface area contributed by atoms with Crippen LogP contribution in [0, 0.1) is 0 Å². The van der Waals surface area contributed by atoms with Crippen LogP contribution in [-0.2, 0) is 4.79 Å². The Morgan fingerprint density at radius 2 is 1.70 bits per heavy atom. The highest BCUT2D eigenvalue weighted by molar-refractivity contribution is 7.99. The van der Waals surface area contributed by atoms with E-state index in [9.17, 15) is 15.0 Å². The van der Waals surface area contributed by atoms with Crippen molar-refractivity contribution in [2.45, 2.75) is 23.8 Å². The van der Waals surface area contributed by atoms with Crippen LogP contribution < -0.4 is 0 Å². The zero-order chi connectivity index (χ0) is 18.8. The third-order valence-corrected chi connectivity index (χ3v) is 5.55. The van der Waals surface area contributed by atoms with Crippen LogP contribution in [0.3, 0.4) is 0 Å². The first-order valence-corrected chi connectivity index (χ1v) is 9.90. The van der Waals surface area contributed by atoms with Crippen molar-refractivity contribution in [3.8, 4) is 5.69 Å². The van der Waals surface area contributed by atoms with Crippen LogP contribution in [0.2, 0.25) is 0 Å². The highest BCUT2D eigenvalue weighted by Crippen LogP contribution is 2.28. The molecule has 0 aliphatic carbocycles. The summed E-state index contributed by atoms with van der Waals surface area (Å²) in [5.74, 6) is 0.0970. The number of benzene rings is 2. The van der Waals surface area contributed by atoms with Crippen LogP contribution in [0.5, 0.6) is 0 Å². The largest absolute Gasteiger partial charge is 0.391 e. The van der Waals surface area contributed by atoms with Crippen LogP contribution in [0.1, 0.15) is 6.42 Å². The molecule has 1 saturated heterocycles. The van der Waals surface area contributed by atoms with E-state index >= 15 is 0 Å². The molecule has 3 aromatic rings. The Morgan fingerprint density at radius 1 is 1.04 bits per heavy atom. The number of fused-ring (bicyclic) bond motifs is 1. The second kappa shape index (κ2) is 7.72. The predicted octanol–water partition coefficient (Wildman–Crippen LogP) is 2.07. The van der Waals surface area contributed by atoms with Gasteiger partial charge in [-0.1, -0.05) is 42.1 Å². The number of rotatable bonds is 4.